The zero-order valence-corrected chi connectivity index (χ0v) is 14.0. The predicted octanol–water partition coefficient (Wildman–Crippen LogP) is 4.05. The lowest BCUT2D eigenvalue weighted by atomic mass is 10.1. The standard InChI is InChI=1S/C17H12ClN3O2S/c18-12-7-11-3-6-23-15(11)13(8-12)20-16(22)14-9-24-17(21-14)10-1-4-19-5-2-10/h1-2,4-5,7-9H,3,6H2,(H,20,22). The highest BCUT2D eigenvalue weighted by atomic mass is 35.5. The van der Waals surface area contributed by atoms with Crippen molar-refractivity contribution in [1.29, 1.82) is 0 Å². The van der Waals surface area contributed by atoms with Crippen molar-refractivity contribution >= 4 is 34.5 Å². The van der Waals surface area contributed by atoms with Crippen molar-refractivity contribution in [3.63, 3.8) is 0 Å². The molecule has 4 rings (SSSR count). The van der Waals surface area contributed by atoms with Crippen LogP contribution in [0.15, 0.2) is 42.0 Å². The van der Waals surface area contributed by atoms with Gasteiger partial charge in [0.25, 0.3) is 5.91 Å². The number of carbonyl (C=O) groups is 1. The molecule has 0 unspecified atom stereocenters. The van der Waals surface area contributed by atoms with Crippen molar-refractivity contribution in [1.82, 2.24) is 9.97 Å². The number of anilines is 1. The molecule has 1 aliphatic rings. The molecule has 1 aromatic carbocycles. The minimum Gasteiger partial charge on any atom is -0.491 e. The van der Waals surface area contributed by atoms with Crippen molar-refractivity contribution in [2.75, 3.05) is 11.9 Å². The van der Waals surface area contributed by atoms with Gasteiger partial charge in [0.1, 0.15) is 16.5 Å². The molecule has 24 heavy (non-hydrogen) atoms. The van der Waals surface area contributed by atoms with Crippen LogP contribution in [-0.2, 0) is 6.42 Å². The molecule has 0 bridgehead atoms. The predicted molar refractivity (Wildman–Crippen MR) is 93.9 cm³/mol. The van der Waals surface area contributed by atoms with Gasteiger partial charge in [-0.2, -0.15) is 0 Å². The fourth-order valence-electron chi connectivity index (χ4n) is 2.55. The van der Waals surface area contributed by atoms with Gasteiger partial charge in [0.05, 0.1) is 12.3 Å². The second kappa shape index (κ2) is 6.22. The number of amides is 1. The lowest BCUT2D eigenvalue weighted by molar-refractivity contribution is 0.102. The third kappa shape index (κ3) is 2.86. The number of hydrogen-bond acceptors (Lipinski definition) is 5. The summed E-state index contributed by atoms with van der Waals surface area (Å²) < 4.78 is 5.60. The molecule has 1 amide bonds. The minimum absolute atomic E-state index is 0.286. The summed E-state index contributed by atoms with van der Waals surface area (Å²) in [5.74, 6) is 0.406. The number of halogens is 1. The van der Waals surface area contributed by atoms with E-state index in [-0.39, 0.29) is 5.91 Å². The molecule has 2 aromatic heterocycles. The number of aromatic nitrogens is 2. The molecule has 7 heteroatoms. The monoisotopic (exact) mass is 357 g/mol. The van der Waals surface area contributed by atoms with Crippen LogP contribution in [0.4, 0.5) is 5.69 Å². The number of pyridine rings is 1. The number of nitrogens with one attached hydrogen (secondary N) is 1. The third-order valence-electron chi connectivity index (χ3n) is 3.66. The number of carbonyl (C=O) groups excluding carboxylic acids is 1. The van der Waals surface area contributed by atoms with Crippen LogP contribution in [-0.4, -0.2) is 22.5 Å². The van der Waals surface area contributed by atoms with Gasteiger partial charge >= 0.3 is 0 Å². The Morgan fingerprint density at radius 2 is 2.12 bits per heavy atom. The van der Waals surface area contributed by atoms with Crippen LogP contribution in [0.5, 0.6) is 5.75 Å². The van der Waals surface area contributed by atoms with E-state index in [1.165, 1.54) is 11.3 Å². The molecular weight excluding hydrogens is 346 g/mol. The van der Waals surface area contributed by atoms with Gasteiger partial charge in [0.2, 0.25) is 0 Å². The van der Waals surface area contributed by atoms with Crippen LogP contribution in [0.25, 0.3) is 10.6 Å². The van der Waals surface area contributed by atoms with Gasteiger partial charge in [0, 0.05) is 40.3 Å². The first-order valence-electron chi connectivity index (χ1n) is 7.33. The average molecular weight is 358 g/mol. The van der Waals surface area contributed by atoms with Crippen molar-refractivity contribution < 1.29 is 9.53 Å². The molecule has 120 valence electrons. The van der Waals surface area contributed by atoms with Crippen LogP contribution >= 0.6 is 22.9 Å². The number of ether oxygens (including phenoxy) is 1. The number of rotatable bonds is 3. The second-order valence-electron chi connectivity index (χ2n) is 5.27. The van der Waals surface area contributed by atoms with Crippen molar-refractivity contribution in [3.05, 3.63) is 58.3 Å². The number of hydrogen-bond donors (Lipinski definition) is 1. The third-order valence-corrected chi connectivity index (χ3v) is 4.77. The van der Waals surface area contributed by atoms with Gasteiger partial charge in [-0.05, 0) is 24.3 Å². The fraction of sp³-hybridized carbons (Fsp3) is 0.118. The van der Waals surface area contributed by atoms with Gasteiger partial charge in [-0.1, -0.05) is 11.6 Å². The first kappa shape index (κ1) is 15.1. The zero-order chi connectivity index (χ0) is 16.5. The summed E-state index contributed by atoms with van der Waals surface area (Å²) in [7, 11) is 0. The molecule has 0 fully saturated rings. The molecule has 5 nitrogen and oxygen atoms in total. The maximum absolute atomic E-state index is 12.5. The summed E-state index contributed by atoms with van der Waals surface area (Å²) in [5, 5.41) is 5.93. The van der Waals surface area contributed by atoms with E-state index in [0.717, 1.165) is 22.6 Å². The highest BCUT2D eigenvalue weighted by Gasteiger charge is 2.20. The smallest absolute Gasteiger partial charge is 0.275 e. The molecule has 0 radical (unpaired) electrons. The van der Waals surface area contributed by atoms with E-state index in [1.54, 1.807) is 23.8 Å². The van der Waals surface area contributed by atoms with Gasteiger partial charge in [-0.3, -0.25) is 9.78 Å². The molecule has 0 aliphatic carbocycles. The molecule has 0 atom stereocenters. The van der Waals surface area contributed by atoms with Gasteiger partial charge in [0.15, 0.2) is 0 Å². The van der Waals surface area contributed by atoms with Crippen LogP contribution < -0.4 is 10.1 Å². The SMILES string of the molecule is O=C(Nc1cc(Cl)cc2c1OCC2)c1csc(-c2ccncc2)n1. The minimum atomic E-state index is -0.286. The summed E-state index contributed by atoms with van der Waals surface area (Å²) in [6.45, 7) is 0.599. The Labute approximate surface area is 147 Å². The Morgan fingerprint density at radius 3 is 2.96 bits per heavy atom. The van der Waals surface area contributed by atoms with Crippen molar-refractivity contribution in [3.8, 4) is 16.3 Å². The maximum Gasteiger partial charge on any atom is 0.275 e. The summed E-state index contributed by atoms with van der Waals surface area (Å²) >= 11 is 7.53. The van der Waals surface area contributed by atoms with Crippen LogP contribution in [0.2, 0.25) is 5.02 Å². The first-order chi connectivity index (χ1) is 11.7. The van der Waals surface area contributed by atoms with E-state index in [9.17, 15) is 4.79 Å². The van der Waals surface area contributed by atoms with E-state index < -0.39 is 0 Å². The van der Waals surface area contributed by atoms with E-state index in [1.807, 2.05) is 18.2 Å². The Hall–Kier alpha value is -2.44. The summed E-state index contributed by atoms with van der Waals surface area (Å²) in [5.41, 5.74) is 2.88. The Balaban J connectivity index is 1.59. The molecule has 0 spiro atoms. The highest BCUT2D eigenvalue weighted by Crippen LogP contribution is 2.37. The number of nitrogens with zero attached hydrogens (tertiary/aromatic N) is 2. The quantitative estimate of drug-likeness (QED) is 0.768. The van der Waals surface area contributed by atoms with Gasteiger partial charge < -0.3 is 10.1 Å². The average Bonchev–Trinajstić information content (AvgIpc) is 3.24. The highest BCUT2D eigenvalue weighted by molar-refractivity contribution is 7.13. The Morgan fingerprint density at radius 1 is 1.29 bits per heavy atom. The number of fused-ring (bicyclic) bond motifs is 1. The number of thiazole rings is 1. The van der Waals surface area contributed by atoms with Crippen LogP contribution in [0.1, 0.15) is 16.1 Å². The Bertz CT molecular complexity index is 911. The van der Waals surface area contributed by atoms with Gasteiger partial charge in [-0.15, -0.1) is 11.3 Å². The molecule has 3 heterocycles. The van der Waals surface area contributed by atoms with Crippen LogP contribution in [0, 0.1) is 0 Å². The van der Waals surface area contributed by atoms with Crippen LogP contribution in [0.3, 0.4) is 0 Å². The number of benzene rings is 1. The molecule has 0 saturated carbocycles. The maximum atomic E-state index is 12.5. The fourth-order valence-corrected chi connectivity index (χ4v) is 3.60. The van der Waals surface area contributed by atoms with Crippen molar-refractivity contribution in [2.24, 2.45) is 0 Å². The molecule has 1 N–H and O–H groups in total. The van der Waals surface area contributed by atoms with Crippen molar-refractivity contribution in [2.45, 2.75) is 6.42 Å². The summed E-state index contributed by atoms with van der Waals surface area (Å²) in [4.78, 5) is 20.9. The summed E-state index contributed by atoms with van der Waals surface area (Å²) in [6, 6.07) is 7.28. The Kier molecular flexibility index (Phi) is 3.92. The zero-order valence-electron chi connectivity index (χ0n) is 12.5. The summed E-state index contributed by atoms with van der Waals surface area (Å²) in [6.07, 6.45) is 4.19. The van der Waals surface area contributed by atoms with E-state index in [4.69, 9.17) is 16.3 Å². The largest absolute Gasteiger partial charge is 0.491 e. The lowest BCUT2D eigenvalue weighted by Gasteiger charge is -2.09. The topological polar surface area (TPSA) is 64.1 Å². The first-order valence-corrected chi connectivity index (χ1v) is 8.59. The normalized spacial score (nSPS) is 12.5. The van der Waals surface area contributed by atoms with E-state index in [2.05, 4.69) is 15.3 Å². The van der Waals surface area contributed by atoms with E-state index >= 15 is 0 Å². The molecule has 3 aromatic rings. The second-order valence-corrected chi connectivity index (χ2v) is 6.56. The molecule has 1 aliphatic heterocycles. The molecular formula is C17H12ClN3O2S. The molecule has 0 saturated heterocycles. The van der Waals surface area contributed by atoms with Gasteiger partial charge in [-0.25, -0.2) is 4.98 Å². The van der Waals surface area contributed by atoms with E-state index in [0.29, 0.717) is 28.8 Å². The lowest BCUT2D eigenvalue weighted by Crippen LogP contribution is -2.13.